The number of esters is 1. The Morgan fingerprint density at radius 3 is 2.63 bits per heavy atom. The van der Waals surface area contributed by atoms with Gasteiger partial charge in [0.05, 0.1) is 26.7 Å². The highest BCUT2D eigenvalue weighted by Gasteiger charge is 2.28. The van der Waals surface area contributed by atoms with Crippen LogP contribution >= 0.6 is 0 Å². The molecular formula is C16H22NO2+. The molecule has 0 amide bonds. The van der Waals surface area contributed by atoms with E-state index >= 15 is 0 Å². The van der Waals surface area contributed by atoms with E-state index in [0.29, 0.717) is 13.2 Å². The van der Waals surface area contributed by atoms with Crippen LogP contribution in [0.25, 0.3) is 5.57 Å². The lowest BCUT2D eigenvalue weighted by Gasteiger charge is -2.36. The zero-order valence-electron chi connectivity index (χ0n) is 11.8. The van der Waals surface area contributed by atoms with Gasteiger partial charge in [0.25, 0.3) is 0 Å². The summed E-state index contributed by atoms with van der Waals surface area (Å²) in [7, 11) is 2.12. The number of likely N-dealkylation sites (N-methyl/N-ethyl adjacent to an activating group) is 1. The monoisotopic (exact) mass is 260 g/mol. The van der Waals surface area contributed by atoms with Crippen molar-refractivity contribution in [2.24, 2.45) is 0 Å². The Morgan fingerprint density at radius 2 is 2.05 bits per heavy atom. The molecule has 1 aliphatic heterocycles. The molecule has 19 heavy (non-hydrogen) atoms. The second-order valence-electron chi connectivity index (χ2n) is 5.33. The SMILES string of the molecule is CCOC(=O)C[N+]1(C)CC=C(c2ccccc2)CC1. The van der Waals surface area contributed by atoms with Gasteiger partial charge in [-0.2, -0.15) is 0 Å². The fourth-order valence-electron chi connectivity index (χ4n) is 2.49. The molecule has 1 heterocycles. The summed E-state index contributed by atoms with van der Waals surface area (Å²) >= 11 is 0. The number of hydrogen-bond donors (Lipinski definition) is 0. The summed E-state index contributed by atoms with van der Waals surface area (Å²) in [6.45, 7) is 4.65. The van der Waals surface area contributed by atoms with Crippen LogP contribution in [0, 0.1) is 0 Å². The average Bonchev–Trinajstić information content (AvgIpc) is 2.40. The third-order valence-electron chi connectivity index (χ3n) is 3.66. The Bertz CT molecular complexity index is 467. The summed E-state index contributed by atoms with van der Waals surface area (Å²) in [5.74, 6) is -0.0958. The van der Waals surface area contributed by atoms with E-state index in [-0.39, 0.29) is 5.97 Å². The molecule has 1 unspecified atom stereocenters. The maximum absolute atomic E-state index is 11.6. The second-order valence-corrected chi connectivity index (χ2v) is 5.33. The Hall–Kier alpha value is -1.61. The molecule has 0 saturated heterocycles. The first-order valence-corrected chi connectivity index (χ1v) is 6.86. The first-order chi connectivity index (χ1) is 9.13. The lowest BCUT2D eigenvalue weighted by Crippen LogP contribution is -2.50. The summed E-state index contributed by atoms with van der Waals surface area (Å²) in [5, 5.41) is 0. The topological polar surface area (TPSA) is 26.3 Å². The van der Waals surface area contributed by atoms with Crippen molar-refractivity contribution in [2.45, 2.75) is 13.3 Å². The minimum atomic E-state index is -0.0958. The molecule has 0 fully saturated rings. The van der Waals surface area contributed by atoms with Crippen LogP contribution in [0.5, 0.6) is 0 Å². The second kappa shape index (κ2) is 6.02. The molecule has 1 atom stereocenters. The molecule has 1 aromatic rings. The van der Waals surface area contributed by atoms with Gasteiger partial charge in [0, 0.05) is 6.42 Å². The van der Waals surface area contributed by atoms with Gasteiger partial charge < -0.3 is 9.22 Å². The summed E-state index contributed by atoms with van der Waals surface area (Å²) in [5.41, 5.74) is 2.69. The lowest BCUT2D eigenvalue weighted by atomic mass is 9.98. The zero-order chi connectivity index (χ0) is 13.7. The summed E-state index contributed by atoms with van der Waals surface area (Å²) in [6.07, 6.45) is 3.28. The minimum Gasteiger partial charge on any atom is -0.462 e. The Kier molecular flexibility index (Phi) is 4.38. The van der Waals surface area contributed by atoms with Gasteiger partial charge in [0.1, 0.15) is 0 Å². The Morgan fingerprint density at radius 1 is 1.32 bits per heavy atom. The lowest BCUT2D eigenvalue weighted by molar-refractivity contribution is -0.897. The number of ether oxygens (including phenoxy) is 1. The van der Waals surface area contributed by atoms with Crippen LogP contribution in [-0.2, 0) is 9.53 Å². The molecule has 1 aliphatic rings. The van der Waals surface area contributed by atoms with Crippen molar-refractivity contribution in [1.82, 2.24) is 0 Å². The number of benzene rings is 1. The van der Waals surface area contributed by atoms with Crippen molar-refractivity contribution < 1.29 is 14.0 Å². The molecule has 0 radical (unpaired) electrons. The van der Waals surface area contributed by atoms with Gasteiger partial charge in [-0.05, 0) is 24.1 Å². The van der Waals surface area contributed by atoms with Crippen LogP contribution in [0.15, 0.2) is 36.4 Å². The van der Waals surface area contributed by atoms with E-state index in [2.05, 4.69) is 37.4 Å². The van der Waals surface area contributed by atoms with Gasteiger partial charge in [-0.1, -0.05) is 30.3 Å². The van der Waals surface area contributed by atoms with Crippen LogP contribution in [0.2, 0.25) is 0 Å². The molecular weight excluding hydrogens is 238 g/mol. The minimum absolute atomic E-state index is 0.0958. The third-order valence-corrected chi connectivity index (χ3v) is 3.66. The van der Waals surface area contributed by atoms with Gasteiger partial charge >= 0.3 is 5.97 Å². The molecule has 0 saturated carbocycles. The standard InChI is InChI=1S/C16H22NO2/c1-3-19-16(18)13-17(2)11-9-15(10-12-17)14-7-5-4-6-8-14/h4-9H,3,10-13H2,1-2H3/q+1. The summed E-state index contributed by atoms with van der Waals surface area (Å²) < 4.78 is 5.79. The van der Waals surface area contributed by atoms with Crippen molar-refractivity contribution in [3.63, 3.8) is 0 Å². The van der Waals surface area contributed by atoms with E-state index in [1.165, 1.54) is 11.1 Å². The maximum Gasteiger partial charge on any atom is 0.361 e. The number of quaternary nitrogens is 1. The first kappa shape index (κ1) is 13.8. The zero-order valence-corrected chi connectivity index (χ0v) is 11.8. The molecule has 1 aromatic carbocycles. The van der Waals surface area contributed by atoms with Crippen LogP contribution in [0.4, 0.5) is 0 Å². The number of hydrogen-bond acceptors (Lipinski definition) is 2. The van der Waals surface area contributed by atoms with Crippen LogP contribution in [0.1, 0.15) is 18.9 Å². The van der Waals surface area contributed by atoms with Gasteiger partial charge in [0.15, 0.2) is 6.54 Å². The van der Waals surface area contributed by atoms with E-state index in [1.54, 1.807) is 0 Å². The maximum atomic E-state index is 11.6. The molecule has 0 N–H and O–H groups in total. The van der Waals surface area contributed by atoms with Crippen molar-refractivity contribution in [3.8, 4) is 0 Å². The summed E-state index contributed by atoms with van der Waals surface area (Å²) in [6, 6.07) is 10.5. The van der Waals surface area contributed by atoms with E-state index in [4.69, 9.17) is 4.74 Å². The smallest absolute Gasteiger partial charge is 0.361 e. The molecule has 2 rings (SSSR count). The van der Waals surface area contributed by atoms with Crippen molar-refractivity contribution in [3.05, 3.63) is 42.0 Å². The Balaban J connectivity index is 2.00. The highest BCUT2D eigenvalue weighted by molar-refractivity contribution is 5.71. The average molecular weight is 260 g/mol. The number of carbonyl (C=O) groups excluding carboxylic acids is 1. The summed E-state index contributed by atoms with van der Waals surface area (Å²) in [4.78, 5) is 11.6. The number of carbonyl (C=O) groups is 1. The van der Waals surface area contributed by atoms with Gasteiger partial charge in [-0.25, -0.2) is 4.79 Å². The van der Waals surface area contributed by atoms with Crippen LogP contribution in [-0.4, -0.2) is 43.7 Å². The van der Waals surface area contributed by atoms with Crippen molar-refractivity contribution in [1.29, 1.82) is 0 Å². The fraction of sp³-hybridized carbons (Fsp3) is 0.438. The first-order valence-electron chi connectivity index (χ1n) is 6.86. The molecule has 3 nitrogen and oxygen atoms in total. The molecule has 102 valence electrons. The molecule has 0 aromatic heterocycles. The van der Waals surface area contributed by atoms with Crippen molar-refractivity contribution in [2.75, 3.05) is 33.3 Å². The van der Waals surface area contributed by atoms with E-state index in [9.17, 15) is 4.79 Å². The predicted molar refractivity (Wildman–Crippen MR) is 76.5 cm³/mol. The normalized spacial score (nSPS) is 22.7. The Labute approximate surface area is 115 Å². The third kappa shape index (κ3) is 3.67. The largest absolute Gasteiger partial charge is 0.462 e. The number of nitrogens with zero attached hydrogens (tertiary/aromatic N) is 1. The fourth-order valence-corrected chi connectivity index (χ4v) is 2.49. The number of rotatable bonds is 4. The van der Waals surface area contributed by atoms with E-state index in [1.807, 2.05) is 13.0 Å². The van der Waals surface area contributed by atoms with E-state index < -0.39 is 0 Å². The highest BCUT2D eigenvalue weighted by atomic mass is 16.5. The van der Waals surface area contributed by atoms with Crippen LogP contribution in [0.3, 0.4) is 0 Å². The molecule has 0 spiro atoms. The van der Waals surface area contributed by atoms with Crippen LogP contribution < -0.4 is 0 Å². The predicted octanol–water partition coefficient (Wildman–Crippen LogP) is 2.48. The molecule has 3 heteroatoms. The van der Waals surface area contributed by atoms with Gasteiger partial charge in [-0.3, -0.25) is 0 Å². The molecule has 0 bridgehead atoms. The van der Waals surface area contributed by atoms with Crippen molar-refractivity contribution >= 4 is 11.5 Å². The highest BCUT2D eigenvalue weighted by Crippen LogP contribution is 2.24. The molecule has 0 aliphatic carbocycles. The van der Waals surface area contributed by atoms with E-state index in [0.717, 1.165) is 24.0 Å². The van der Waals surface area contributed by atoms with Gasteiger partial charge in [0.2, 0.25) is 0 Å². The quantitative estimate of drug-likeness (QED) is 0.614. The van der Waals surface area contributed by atoms with Gasteiger partial charge in [-0.15, -0.1) is 0 Å².